The molecule has 0 radical (unpaired) electrons. The minimum Gasteiger partial charge on any atom is -0.478 e. The fourth-order valence-corrected chi connectivity index (χ4v) is 5.76. The Morgan fingerprint density at radius 1 is 0.841 bits per heavy atom. The molecule has 0 saturated carbocycles. The van der Waals surface area contributed by atoms with Crippen molar-refractivity contribution in [1.29, 1.82) is 0 Å². The van der Waals surface area contributed by atoms with E-state index in [1.165, 1.54) is 6.92 Å². The van der Waals surface area contributed by atoms with Crippen LogP contribution >= 0.6 is 11.8 Å². The van der Waals surface area contributed by atoms with E-state index in [4.69, 9.17) is 9.47 Å². The lowest BCUT2D eigenvalue weighted by Gasteiger charge is -2.36. The molecular formula is C34H40N2O7S. The zero-order chi connectivity index (χ0) is 31.3. The van der Waals surface area contributed by atoms with Crippen LogP contribution in [0.15, 0.2) is 77.7 Å². The summed E-state index contributed by atoms with van der Waals surface area (Å²) in [5, 5.41) is 24.4. The number of carbonyl (C=O) groups excluding carboxylic acids is 2. The molecule has 3 unspecified atom stereocenters. The van der Waals surface area contributed by atoms with Gasteiger partial charge in [-0.3, -0.25) is 9.59 Å². The summed E-state index contributed by atoms with van der Waals surface area (Å²) in [6.45, 7) is 2.54. The van der Waals surface area contributed by atoms with Gasteiger partial charge in [-0.05, 0) is 53.8 Å². The van der Waals surface area contributed by atoms with Gasteiger partial charge in [-0.1, -0.05) is 55.0 Å². The summed E-state index contributed by atoms with van der Waals surface area (Å²) >= 11 is 1.61. The number of aliphatic hydroxyl groups is 1. The number of hydrogen-bond acceptors (Lipinski definition) is 7. The van der Waals surface area contributed by atoms with E-state index < -0.39 is 12.3 Å². The quantitative estimate of drug-likeness (QED) is 0.129. The van der Waals surface area contributed by atoms with Gasteiger partial charge in [0, 0.05) is 49.1 Å². The highest BCUT2D eigenvalue weighted by Gasteiger charge is 2.32. The number of aromatic carboxylic acids is 1. The average molecular weight is 621 g/mol. The first-order chi connectivity index (χ1) is 21.3. The van der Waals surface area contributed by atoms with Crippen molar-refractivity contribution in [3.05, 3.63) is 101 Å². The average Bonchev–Trinajstić information content (AvgIpc) is 3.04. The molecule has 1 saturated heterocycles. The number of rotatable bonds is 15. The third kappa shape index (κ3) is 10.5. The molecule has 0 spiro atoms. The van der Waals surface area contributed by atoms with E-state index in [1.54, 1.807) is 23.9 Å². The second kappa shape index (κ2) is 17.0. The number of carboxylic acid groups (broad SMARTS) is 1. The summed E-state index contributed by atoms with van der Waals surface area (Å²) in [5.74, 6) is -0.327. The van der Waals surface area contributed by atoms with E-state index in [1.807, 2.05) is 60.7 Å². The maximum Gasteiger partial charge on any atom is 0.335 e. The molecule has 10 heteroatoms. The predicted molar refractivity (Wildman–Crippen MR) is 168 cm³/mol. The van der Waals surface area contributed by atoms with Gasteiger partial charge in [0.25, 0.3) is 0 Å². The highest BCUT2D eigenvalue weighted by atomic mass is 32.2. The van der Waals surface area contributed by atoms with E-state index in [9.17, 15) is 24.6 Å². The lowest BCUT2D eigenvalue weighted by molar-refractivity contribution is -0.245. The topological polar surface area (TPSA) is 134 Å². The fourth-order valence-electron chi connectivity index (χ4n) is 4.84. The fraction of sp³-hybridized carbons (Fsp3) is 0.382. The molecule has 0 bridgehead atoms. The Labute approximate surface area is 262 Å². The monoisotopic (exact) mass is 620 g/mol. The Morgan fingerprint density at radius 2 is 1.52 bits per heavy atom. The second-order valence-electron chi connectivity index (χ2n) is 10.8. The van der Waals surface area contributed by atoms with Crippen LogP contribution < -0.4 is 10.6 Å². The van der Waals surface area contributed by atoms with Gasteiger partial charge in [0.05, 0.1) is 24.4 Å². The summed E-state index contributed by atoms with van der Waals surface area (Å²) in [5.41, 5.74) is 3.93. The lowest BCUT2D eigenvalue weighted by atomic mass is 10.0. The summed E-state index contributed by atoms with van der Waals surface area (Å²) in [4.78, 5) is 35.3. The van der Waals surface area contributed by atoms with E-state index in [0.717, 1.165) is 46.4 Å². The SMILES string of the molecule is CC(=O)NCCCCCC(=O)NCc1ccc(C2OC(CSc3ccc(C(=O)O)cc3)CC(c3ccc(CO)cc3)O2)cc1. The summed E-state index contributed by atoms with van der Waals surface area (Å²) in [6.07, 6.45) is 2.68. The maximum atomic E-state index is 12.3. The van der Waals surface area contributed by atoms with Crippen molar-refractivity contribution >= 4 is 29.5 Å². The van der Waals surface area contributed by atoms with Gasteiger partial charge in [-0.15, -0.1) is 11.8 Å². The van der Waals surface area contributed by atoms with Crippen LogP contribution in [0.5, 0.6) is 0 Å². The normalized spacial score (nSPS) is 18.0. The maximum absolute atomic E-state index is 12.3. The first-order valence-corrected chi connectivity index (χ1v) is 15.9. The van der Waals surface area contributed by atoms with Crippen molar-refractivity contribution < 1.29 is 34.1 Å². The molecule has 1 heterocycles. The zero-order valence-corrected chi connectivity index (χ0v) is 25.7. The minimum absolute atomic E-state index is 0.000510. The number of hydrogen-bond donors (Lipinski definition) is 4. The van der Waals surface area contributed by atoms with Gasteiger partial charge in [0.1, 0.15) is 0 Å². The van der Waals surface area contributed by atoms with Gasteiger partial charge in [0.15, 0.2) is 6.29 Å². The van der Waals surface area contributed by atoms with Crippen molar-refractivity contribution in [3.63, 3.8) is 0 Å². The molecule has 1 aliphatic rings. The number of benzene rings is 3. The van der Waals surface area contributed by atoms with E-state index in [0.29, 0.717) is 31.7 Å². The molecule has 234 valence electrons. The highest BCUT2D eigenvalue weighted by molar-refractivity contribution is 7.99. The largest absolute Gasteiger partial charge is 0.478 e. The van der Waals surface area contributed by atoms with Crippen LogP contribution in [0, 0.1) is 0 Å². The van der Waals surface area contributed by atoms with Crippen molar-refractivity contribution in [2.75, 3.05) is 12.3 Å². The van der Waals surface area contributed by atoms with Crippen molar-refractivity contribution in [2.45, 2.75) is 75.6 Å². The van der Waals surface area contributed by atoms with Crippen LogP contribution in [0.2, 0.25) is 0 Å². The number of ether oxygens (including phenoxy) is 2. The number of thioether (sulfide) groups is 1. The number of amides is 2. The van der Waals surface area contributed by atoms with Crippen LogP contribution in [0.25, 0.3) is 0 Å². The molecule has 4 N–H and O–H groups in total. The van der Waals surface area contributed by atoms with Crippen LogP contribution in [0.3, 0.4) is 0 Å². The lowest BCUT2D eigenvalue weighted by Crippen LogP contribution is -2.31. The van der Waals surface area contributed by atoms with Crippen molar-refractivity contribution in [2.24, 2.45) is 0 Å². The minimum atomic E-state index is -0.952. The molecule has 1 aliphatic heterocycles. The predicted octanol–water partition coefficient (Wildman–Crippen LogP) is 5.53. The Morgan fingerprint density at radius 3 is 2.18 bits per heavy atom. The summed E-state index contributed by atoms with van der Waals surface area (Å²) in [7, 11) is 0. The number of nitrogens with one attached hydrogen (secondary N) is 2. The smallest absolute Gasteiger partial charge is 0.335 e. The molecule has 2 amide bonds. The van der Waals surface area contributed by atoms with Crippen LogP contribution in [-0.4, -0.2) is 46.4 Å². The van der Waals surface area contributed by atoms with Crippen LogP contribution in [0.1, 0.15) is 84.0 Å². The van der Waals surface area contributed by atoms with Crippen LogP contribution in [0.4, 0.5) is 0 Å². The molecule has 0 aliphatic carbocycles. The molecule has 4 rings (SSSR count). The number of aliphatic hydroxyl groups excluding tert-OH is 1. The van der Waals surface area contributed by atoms with Gasteiger partial charge in [0.2, 0.25) is 11.8 Å². The zero-order valence-electron chi connectivity index (χ0n) is 24.9. The molecule has 3 atom stereocenters. The summed E-state index contributed by atoms with van der Waals surface area (Å²) < 4.78 is 12.8. The number of carbonyl (C=O) groups is 3. The Balaban J connectivity index is 1.34. The molecular weight excluding hydrogens is 580 g/mol. The Hall–Kier alpha value is -3.70. The van der Waals surface area contributed by atoms with Gasteiger partial charge in [-0.25, -0.2) is 4.79 Å². The molecule has 3 aromatic carbocycles. The molecule has 44 heavy (non-hydrogen) atoms. The molecule has 1 fully saturated rings. The van der Waals surface area contributed by atoms with Crippen LogP contribution in [-0.2, 0) is 32.2 Å². The van der Waals surface area contributed by atoms with E-state index >= 15 is 0 Å². The molecule has 0 aromatic heterocycles. The first-order valence-electron chi connectivity index (χ1n) is 14.9. The number of carboxylic acids is 1. The Bertz CT molecular complexity index is 1360. The van der Waals surface area contributed by atoms with Gasteiger partial charge in [-0.2, -0.15) is 0 Å². The first kappa shape index (κ1) is 33.2. The third-order valence-electron chi connectivity index (χ3n) is 7.35. The second-order valence-corrected chi connectivity index (χ2v) is 11.9. The van der Waals surface area contributed by atoms with E-state index in [2.05, 4.69) is 10.6 Å². The molecule has 3 aromatic rings. The van der Waals surface area contributed by atoms with Crippen molar-refractivity contribution in [1.82, 2.24) is 10.6 Å². The Kier molecular flexibility index (Phi) is 12.8. The van der Waals surface area contributed by atoms with Gasteiger partial charge >= 0.3 is 5.97 Å². The molecule has 9 nitrogen and oxygen atoms in total. The highest BCUT2D eigenvalue weighted by Crippen LogP contribution is 2.39. The summed E-state index contributed by atoms with van der Waals surface area (Å²) in [6, 6.07) is 22.4. The third-order valence-corrected chi connectivity index (χ3v) is 8.49. The van der Waals surface area contributed by atoms with Gasteiger partial charge < -0.3 is 30.3 Å². The number of unbranched alkanes of at least 4 members (excludes halogenated alkanes) is 2. The standard InChI is InChI=1S/C34H40N2O7S/c1-23(38)35-18-4-2-3-5-32(39)36-20-24-6-12-28(13-7-24)34-42-29(22-44-30-16-14-27(15-17-30)33(40)41)19-31(43-34)26-10-8-25(21-37)9-11-26/h6-17,29,31,34,37H,2-5,18-22H2,1H3,(H,35,38)(H,36,39)(H,40,41). The van der Waals surface area contributed by atoms with Crippen molar-refractivity contribution in [3.8, 4) is 0 Å². The van der Waals surface area contributed by atoms with E-state index in [-0.39, 0.29) is 36.2 Å².